The fourth-order valence-electron chi connectivity index (χ4n) is 4.06. The number of amides is 1. The maximum Gasteiger partial charge on any atom is 0.270 e. The number of carbonyl (C=O) groups excluding carboxylic acids is 1. The summed E-state index contributed by atoms with van der Waals surface area (Å²) in [5, 5.41) is 2.27. The van der Waals surface area contributed by atoms with Gasteiger partial charge in [0.2, 0.25) is 0 Å². The maximum absolute atomic E-state index is 13.3. The second-order valence-corrected chi connectivity index (χ2v) is 10.4. The van der Waals surface area contributed by atoms with Gasteiger partial charge in [-0.1, -0.05) is 71.4 Å². The van der Waals surface area contributed by atoms with Crippen LogP contribution in [0, 0.1) is 0 Å². The summed E-state index contributed by atoms with van der Waals surface area (Å²) in [6.45, 7) is 3.03. The number of carbonyl (C=O) groups is 1. The third-order valence-corrected chi connectivity index (χ3v) is 7.71. The SMILES string of the molecule is CCOc1ccc(N2C(=O)/C(=C/c3cn(Cc4c(Cl)cccc4Cl)c4ccccc34)SC2=S)cc1. The van der Waals surface area contributed by atoms with Crippen molar-refractivity contribution < 1.29 is 9.53 Å². The lowest BCUT2D eigenvalue weighted by atomic mass is 10.1. The summed E-state index contributed by atoms with van der Waals surface area (Å²) in [6.07, 6.45) is 3.93. The smallest absolute Gasteiger partial charge is 0.270 e. The van der Waals surface area contributed by atoms with E-state index in [9.17, 15) is 4.79 Å². The monoisotopic (exact) mass is 538 g/mol. The molecule has 4 nitrogen and oxygen atoms in total. The van der Waals surface area contributed by atoms with Crippen LogP contribution >= 0.6 is 47.2 Å². The fraction of sp³-hybridized carbons (Fsp3) is 0.111. The van der Waals surface area contributed by atoms with Gasteiger partial charge in [-0.15, -0.1) is 0 Å². The lowest BCUT2D eigenvalue weighted by molar-refractivity contribution is -0.113. The number of hydrogen-bond donors (Lipinski definition) is 0. The van der Waals surface area contributed by atoms with E-state index in [4.69, 9.17) is 40.2 Å². The predicted octanol–water partition coefficient (Wildman–Crippen LogP) is 7.80. The Kier molecular flexibility index (Phi) is 6.89. The standard InChI is InChI=1S/C27H20Cl2N2O2S2/c1-2-33-19-12-10-18(11-13-19)31-26(32)25(35-27(31)34)14-17-15-30(24-9-4-3-6-20(17)24)16-21-22(28)7-5-8-23(21)29/h3-15H,2,16H2,1H3/b25-14-. The molecular weight excluding hydrogens is 519 g/mol. The van der Waals surface area contributed by atoms with Crippen molar-refractivity contribution in [2.45, 2.75) is 13.5 Å². The van der Waals surface area contributed by atoms with Gasteiger partial charge in [0.25, 0.3) is 5.91 Å². The largest absolute Gasteiger partial charge is 0.494 e. The van der Waals surface area contributed by atoms with Gasteiger partial charge in [-0.3, -0.25) is 9.69 Å². The molecule has 1 amide bonds. The summed E-state index contributed by atoms with van der Waals surface area (Å²) in [7, 11) is 0. The average Bonchev–Trinajstić information content (AvgIpc) is 3.33. The van der Waals surface area contributed by atoms with Crippen LogP contribution in [0.5, 0.6) is 5.75 Å². The second kappa shape index (κ2) is 10.1. The first kappa shape index (κ1) is 23.9. The number of ether oxygens (including phenoxy) is 1. The molecule has 0 radical (unpaired) electrons. The Labute approximate surface area is 223 Å². The van der Waals surface area contributed by atoms with Crippen molar-refractivity contribution in [1.29, 1.82) is 0 Å². The summed E-state index contributed by atoms with van der Waals surface area (Å²) in [5.41, 5.74) is 3.52. The zero-order chi connectivity index (χ0) is 24.5. The molecule has 5 rings (SSSR count). The van der Waals surface area contributed by atoms with Crippen LogP contribution in [0.15, 0.2) is 77.8 Å². The first-order chi connectivity index (χ1) is 17.0. The van der Waals surface area contributed by atoms with Gasteiger partial charge in [-0.2, -0.15) is 0 Å². The lowest BCUT2D eigenvalue weighted by Crippen LogP contribution is -2.27. The predicted molar refractivity (Wildman–Crippen MR) is 151 cm³/mol. The summed E-state index contributed by atoms with van der Waals surface area (Å²) in [5.74, 6) is 0.610. The van der Waals surface area contributed by atoms with Crippen LogP contribution in [0.4, 0.5) is 5.69 Å². The Morgan fingerprint density at radius 3 is 2.43 bits per heavy atom. The molecule has 0 atom stereocenters. The number of fused-ring (bicyclic) bond motifs is 1. The number of thiocarbonyl (C=S) groups is 1. The van der Waals surface area contributed by atoms with Crippen LogP contribution < -0.4 is 9.64 Å². The van der Waals surface area contributed by atoms with E-state index in [0.29, 0.717) is 32.4 Å². The van der Waals surface area contributed by atoms with E-state index in [-0.39, 0.29) is 5.91 Å². The first-order valence-corrected chi connectivity index (χ1v) is 13.0. The van der Waals surface area contributed by atoms with Crippen LogP contribution in [0.2, 0.25) is 10.0 Å². The molecule has 0 aliphatic carbocycles. The van der Waals surface area contributed by atoms with Gasteiger partial charge >= 0.3 is 0 Å². The zero-order valence-electron chi connectivity index (χ0n) is 18.7. The van der Waals surface area contributed by atoms with Crippen LogP contribution in [0.25, 0.3) is 17.0 Å². The Morgan fingerprint density at radius 1 is 1.00 bits per heavy atom. The van der Waals surface area contributed by atoms with E-state index in [2.05, 4.69) is 4.57 Å². The molecule has 0 saturated carbocycles. The van der Waals surface area contributed by atoms with Crippen molar-refractivity contribution >= 4 is 80.1 Å². The fourth-order valence-corrected chi connectivity index (χ4v) is 5.87. The quantitative estimate of drug-likeness (QED) is 0.185. The number of thioether (sulfide) groups is 1. The van der Waals surface area contributed by atoms with Crippen LogP contribution in [-0.4, -0.2) is 21.4 Å². The molecule has 0 bridgehead atoms. The number of rotatable bonds is 6. The van der Waals surface area contributed by atoms with Crippen molar-refractivity contribution in [3.05, 3.63) is 99.0 Å². The maximum atomic E-state index is 13.3. The van der Waals surface area contributed by atoms with Crippen molar-refractivity contribution in [1.82, 2.24) is 4.57 Å². The van der Waals surface area contributed by atoms with E-state index in [1.165, 1.54) is 11.8 Å². The molecule has 1 aromatic heterocycles. The highest BCUT2D eigenvalue weighted by Gasteiger charge is 2.33. The highest BCUT2D eigenvalue weighted by molar-refractivity contribution is 8.27. The molecule has 1 fully saturated rings. The molecule has 35 heavy (non-hydrogen) atoms. The Morgan fingerprint density at radius 2 is 1.71 bits per heavy atom. The number of hydrogen-bond acceptors (Lipinski definition) is 4. The molecule has 0 spiro atoms. The highest BCUT2D eigenvalue weighted by atomic mass is 35.5. The summed E-state index contributed by atoms with van der Waals surface area (Å²) >= 11 is 19.7. The lowest BCUT2D eigenvalue weighted by Gasteiger charge is -2.15. The topological polar surface area (TPSA) is 34.5 Å². The zero-order valence-corrected chi connectivity index (χ0v) is 21.8. The van der Waals surface area contributed by atoms with E-state index in [1.807, 2.05) is 85.9 Å². The van der Waals surface area contributed by atoms with Crippen LogP contribution in [0.1, 0.15) is 18.1 Å². The van der Waals surface area contributed by atoms with E-state index >= 15 is 0 Å². The Balaban J connectivity index is 1.49. The first-order valence-electron chi connectivity index (χ1n) is 11.0. The van der Waals surface area contributed by atoms with Crippen molar-refractivity contribution in [3.8, 4) is 5.75 Å². The Bertz CT molecular complexity index is 1460. The van der Waals surface area contributed by atoms with Crippen LogP contribution in [0.3, 0.4) is 0 Å². The van der Waals surface area contributed by atoms with Crippen molar-refractivity contribution in [3.63, 3.8) is 0 Å². The summed E-state index contributed by atoms with van der Waals surface area (Å²) < 4.78 is 8.10. The van der Waals surface area contributed by atoms with Gasteiger partial charge < -0.3 is 9.30 Å². The van der Waals surface area contributed by atoms with Gasteiger partial charge in [-0.25, -0.2) is 0 Å². The van der Waals surface area contributed by atoms with Gasteiger partial charge in [-0.05, 0) is 55.5 Å². The molecule has 1 aliphatic heterocycles. The second-order valence-electron chi connectivity index (χ2n) is 7.87. The molecule has 1 saturated heterocycles. The minimum absolute atomic E-state index is 0.143. The number of nitrogens with zero attached hydrogens (tertiary/aromatic N) is 2. The molecule has 8 heteroatoms. The average molecular weight is 540 g/mol. The Hall–Kier alpha value is -2.77. The van der Waals surface area contributed by atoms with Crippen LogP contribution in [-0.2, 0) is 11.3 Å². The van der Waals surface area contributed by atoms with Gasteiger partial charge in [0.15, 0.2) is 4.32 Å². The minimum Gasteiger partial charge on any atom is -0.494 e. The molecule has 0 unspecified atom stereocenters. The van der Waals surface area contributed by atoms with Crippen molar-refractivity contribution in [2.24, 2.45) is 0 Å². The van der Waals surface area contributed by atoms with E-state index in [0.717, 1.165) is 33.5 Å². The molecule has 3 aromatic carbocycles. The third-order valence-electron chi connectivity index (χ3n) is 5.70. The normalized spacial score (nSPS) is 14.9. The summed E-state index contributed by atoms with van der Waals surface area (Å²) in [4.78, 5) is 15.5. The molecule has 0 N–H and O–H groups in total. The highest BCUT2D eigenvalue weighted by Crippen LogP contribution is 2.38. The minimum atomic E-state index is -0.143. The van der Waals surface area contributed by atoms with E-state index in [1.54, 1.807) is 4.90 Å². The number of anilines is 1. The molecule has 4 aromatic rings. The molecule has 1 aliphatic rings. The molecule has 176 valence electrons. The van der Waals surface area contributed by atoms with Gasteiger partial charge in [0.1, 0.15) is 5.75 Å². The molecular formula is C27H20Cl2N2O2S2. The number of benzene rings is 3. The van der Waals surface area contributed by atoms with Gasteiger partial charge in [0.05, 0.1) is 23.7 Å². The number of aromatic nitrogens is 1. The van der Waals surface area contributed by atoms with Gasteiger partial charge in [0, 0.05) is 38.3 Å². The number of halogens is 2. The van der Waals surface area contributed by atoms with E-state index < -0.39 is 0 Å². The third kappa shape index (κ3) is 4.71. The number of para-hydroxylation sites is 1. The summed E-state index contributed by atoms with van der Waals surface area (Å²) in [6, 6.07) is 20.9. The van der Waals surface area contributed by atoms with Crippen molar-refractivity contribution in [2.75, 3.05) is 11.5 Å². The molecule has 2 heterocycles.